The van der Waals surface area contributed by atoms with Gasteiger partial charge >= 0.3 is 11.9 Å². The highest BCUT2D eigenvalue weighted by atomic mass is 16.5. The summed E-state index contributed by atoms with van der Waals surface area (Å²) in [6, 6.07) is 6.56. The van der Waals surface area contributed by atoms with Crippen LogP contribution in [-0.2, 0) is 14.2 Å². The second-order valence-corrected chi connectivity index (χ2v) is 5.55. The average molecular weight is 322 g/mol. The van der Waals surface area contributed by atoms with Gasteiger partial charge in [0.05, 0.1) is 17.7 Å². The van der Waals surface area contributed by atoms with Crippen LogP contribution in [-0.4, -0.2) is 38.4 Å². The van der Waals surface area contributed by atoms with Gasteiger partial charge in [-0.1, -0.05) is 26.0 Å². The minimum absolute atomic E-state index is 0.165. The molecular weight excluding hydrogens is 296 g/mol. The molecule has 1 rings (SSSR count). The molecule has 2 unspecified atom stereocenters. The number of carbonyl (C=O) groups is 2. The van der Waals surface area contributed by atoms with Crippen molar-refractivity contribution in [2.75, 3.05) is 20.3 Å². The molecule has 1 aromatic rings. The molecule has 0 aliphatic carbocycles. The van der Waals surface area contributed by atoms with Crippen LogP contribution in [0.3, 0.4) is 0 Å². The van der Waals surface area contributed by atoms with Crippen LogP contribution in [0.5, 0.6) is 0 Å². The van der Waals surface area contributed by atoms with Crippen molar-refractivity contribution in [3.63, 3.8) is 0 Å². The molecular formula is C18H26O5. The molecule has 0 N–H and O–H groups in total. The van der Waals surface area contributed by atoms with E-state index in [1.807, 2.05) is 20.8 Å². The Morgan fingerprint density at radius 2 is 1.65 bits per heavy atom. The number of esters is 2. The Bertz CT molecular complexity index is 512. The molecule has 0 saturated carbocycles. The molecule has 0 aliphatic rings. The Morgan fingerprint density at radius 1 is 1.04 bits per heavy atom. The van der Waals surface area contributed by atoms with E-state index < -0.39 is 11.9 Å². The highest BCUT2D eigenvalue weighted by Crippen LogP contribution is 2.17. The summed E-state index contributed by atoms with van der Waals surface area (Å²) in [6.45, 7) is 6.70. The first-order valence-electron chi connectivity index (χ1n) is 7.97. The van der Waals surface area contributed by atoms with Gasteiger partial charge in [0.25, 0.3) is 0 Å². The lowest BCUT2D eigenvalue weighted by Crippen LogP contribution is -2.24. The van der Waals surface area contributed by atoms with E-state index in [0.29, 0.717) is 13.2 Å². The number of methoxy groups -OCH3 is 1. The molecule has 0 radical (unpaired) electrons. The summed E-state index contributed by atoms with van der Waals surface area (Å²) in [7, 11) is 1.64. The highest BCUT2D eigenvalue weighted by Gasteiger charge is 2.22. The van der Waals surface area contributed by atoms with Crippen LogP contribution < -0.4 is 0 Å². The number of rotatable bonds is 9. The summed E-state index contributed by atoms with van der Waals surface area (Å²) >= 11 is 0. The van der Waals surface area contributed by atoms with Crippen molar-refractivity contribution in [1.29, 1.82) is 0 Å². The summed E-state index contributed by atoms with van der Waals surface area (Å²) in [5.41, 5.74) is 0.474. The Morgan fingerprint density at radius 3 is 2.22 bits per heavy atom. The van der Waals surface area contributed by atoms with E-state index in [1.165, 1.54) is 0 Å². The Kier molecular flexibility index (Phi) is 8.33. The molecule has 0 saturated heterocycles. The van der Waals surface area contributed by atoms with Gasteiger partial charge in [-0.3, -0.25) is 0 Å². The minimum Gasteiger partial charge on any atom is -0.462 e. The van der Waals surface area contributed by atoms with Gasteiger partial charge in [-0.25, -0.2) is 9.59 Å². The topological polar surface area (TPSA) is 61.8 Å². The van der Waals surface area contributed by atoms with Crippen molar-refractivity contribution in [3.8, 4) is 0 Å². The van der Waals surface area contributed by atoms with Gasteiger partial charge in [-0.05, 0) is 37.8 Å². The summed E-state index contributed by atoms with van der Waals surface area (Å²) in [5.74, 6) is -0.844. The molecule has 0 fully saturated rings. The number of ether oxygens (including phenoxy) is 3. The summed E-state index contributed by atoms with van der Waals surface area (Å²) < 4.78 is 15.6. The van der Waals surface area contributed by atoms with Gasteiger partial charge < -0.3 is 14.2 Å². The maximum Gasteiger partial charge on any atom is 0.339 e. The molecule has 0 bridgehead atoms. The van der Waals surface area contributed by atoms with E-state index in [9.17, 15) is 9.59 Å². The zero-order valence-electron chi connectivity index (χ0n) is 14.3. The van der Waals surface area contributed by atoms with E-state index >= 15 is 0 Å². The van der Waals surface area contributed by atoms with E-state index in [0.717, 1.165) is 12.8 Å². The minimum atomic E-state index is -0.509. The smallest absolute Gasteiger partial charge is 0.339 e. The monoisotopic (exact) mass is 322 g/mol. The fourth-order valence-electron chi connectivity index (χ4n) is 2.00. The van der Waals surface area contributed by atoms with Crippen molar-refractivity contribution in [3.05, 3.63) is 35.4 Å². The van der Waals surface area contributed by atoms with Crippen LogP contribution >= 0.6 is 0 Å². The number of hydrogen-bond donors (Lipinski definition) is 0. The zero-order valence-corrected chi connectivity index (χ0v) is 14.3. The fourth-order valence-corrected chi connectivity index (χ4v) is 2.00. The SMILES string of the molecule is CCCOC(=O)c1ccccc1C(=O)OC(C)C(C)CCOC. The van der Waals surface area contributed by atoms with E-state index in [2.05, 4.69) is 0 Å². The lowest BCUT2D eigenvalue weighted by molar-refractivity contribution is 0.0168. The van der Waals surface area contributed by atoms with Crippen LogP contribution in [0, 0.1) is 5.92 Å². The van der Waals surface area contributed by atoms with Gasteiger partial charge in [0.15, 0.2) is 0 Å². The van der Waals surface area contributed by atoms with Crippen molar-refractivity contribution in [2.45, 2.75) is 39.7 Å². The molecule has 0 aliphatic heterocycles. The summed E-state index contributed by atoms with van der Waals surface area (Å²) in [4.78, 5) is 24.4. The Labute approximate surface area is 137 Å². The van der Waals surface area contributed by atoms with Gasteiger partial charge in [-0.15, -0.1) is 0 Å². The van der Waals surface area contributed by atoms with E-state index in [1.54, 1.807) is 31.4 Å². The van der Waals surface area contributed by atoms with E-state index in [-0.39, 0.29) is 23.1 Å². The predicted octanol–water partition coefficient (Wildman–Crippen LogP) is 3.47. The van der Waals surface area contributed by atoms with Crippen LogP contribution in [0.25, 0.3) is 0 Å². The number of hydrogen-bond acceptors (Lipinski definition) is 5. The molecule has 5 heteroatoms. The number of carbonyl (C=O) groups excluding carboxylic acids is 2. The molecule has 1 aromatic carbocycles. The first-order valence-corrected chi connectivity index (χ1v) is 7.97. The molecule has 0 aromatic heterocycles. The standard InChI is InChI=1S/C18H26O5/c1-5-11-22-17(19)15-8-6-7-9-16(15)18(20)23-14(3)13(2)10-12-21-4/h6-9,13-14H,5,10-12H2,1-4H3. The normalized spacial score (nSPS) is 13.2. The van der Waals surface area contributed by atoms with Gasteiger partial charge in [-0.2, -0.15) is 0 Å². The second kappa shape index (κ2) is 10.0. The zero-order chi connectivity index (χ0) is 17.2. The van der Waals surface area contributed by atoms with E-state index in [4.69, 9.17) is 14.2 Å². The Balaban J connectivity index is 2.78. The molecule has 0 spiro atoms. The van der Waals surface area contributed by atoms with Crippen LogP contribution in [0.2, 0.25) is 0 Å². The van der Waals surface area contributed by atoms with Crippen molar-refractivity contribution < 1.29 is 23.8 Å². The van der Waals surface area contributed by atoms with Crippen molar-refractivity contribution >= 4 is 11.9 Å². The molecule has 5 nitrogen and oxygen atoms in total. The largest absolute Gasteiger partial charge is 0.462 e. The fraction of sp³-hybridized carbons (Fsp3) is 0.556. The molecule has 2 atom stereocenters. The van der Waals surface area contributed by atoms with Crippen molar-refractivity contribution in [2.24, 2.45) is 5.92 Å². The van der Waals surface area contributed by atoms with Crippen LogP contribution in [0.1, 0.15) is 54.3 Å². The lowest BCUT2D eigenvalue weighted by atomic mass is 10.0. The first kappa shape index (κ1) is 19.2. The van der Waals surface area contributed by atoms with Gasteiger partial charge in [0.1, 0.15) is 6.10 Å². The quantitative estimate of drug-likeness (QED) is 0.651. The average Bonchev–Trinajstić information content (AvgIpc) is 2.57. The predicted molar refractivity (Wildman–Crippen MR) is 87.6 cm³/mol. The van der Waals surface area contributed by atoms with Crippen LogP contribution in [0.4, 0.5) is 0 Å². The van der Waals surface area contributed by atoms with Crippen molar-refractivity contribution in [1.82, 2.24) is 0 Å². The molecule has 0 heterocycles. The number of benzene rings is 1. The maximum absolute atomic E-state index is 12.4. The second-order valence-electron chi connectivity index (χ2n) is 5.55. The Hall–Kier alpha value is -1.88. The highest BCUT2D eigenvalue weighted by molar-refractivity contribution is 6.03. The van der Waals surface area contributed by atoms with Crippen LogP contribution in [0.15, 0.2) is 24.3 Å². The van der Waals surface area contributed by atoms with Gasteiger partial charge in [0, 0.05) is 13.7 Å². The third-order valence-electron chi connectivity index (χ3n) is 3.68. The lowest BCUT2D eigenvalue weighted by Gasteiger charge is -2.20. The molecule has 0 amide bonds. The summed E-state index contributed by atoms with van der Waals surface area (Å²) in [5, 5.41) is 0. The third-order valence-corrected chi connectivity index (χ3v) is 3.68. The maximum atomic E-state index is 12.4. The molecule has 128 valence electrons. The summed E-state index contributed by atoms with van der Waals surface area (Å²) in [6.07, 6.45) is 1.26. The first-order chi connectivity index (χ1) is 11.0. The van der Waals surface area contributed by atoms with Gasteiger partial charge in [0.2, 0.25) is 0 Å². The molecule has 23 heavy (non-hydrogen) atoms. The third kappa shape index (κ3) is 6.02.